The van der Waals surface area contributed by atoms with Crippen molar-refractivity contribution in [2.45, 2.75) is 25.7 Å². The first-order valence-corrected chi connectivity index (χ1v) is 9.24. The molecule has 3 rings (SSSR count). The Hall–Kier alpha value is -3.24. The van der Waals surface area contributed by atoms with Crippen LogP contribution in [0.15, 0.2) is 9.59 Å². The molecule has 1 aromatic rings. The number of nitrogens with two attached hydrogens (primary N) is 1. The Morgan fingerprint density at radius 1 is 1.00 bits per heavy atom. The Bertz CT molecular complexity index is 998. The lowest BCUT2D eigenvalue weighted by Gasteiger charge is -2.19. The van der Waals surface area contributed by atoms with E-state index in [1.54, 1.807) is 0 Å². The SMILES string of the molecule is Cn1c(N)c(C(=O)COC(=O)CN2C(=O)[C@H]3CCCC[C@@H]3C2=O)c(=O)n(C)c1=O. The highest BCUT2D eigenvalue weighted by Gasteiger charge is 2.48. The van der Waals surface area contributed by atoms with Gasteiger partial charge in [0.2, 0.25) is 17.6 Å². The molecule has 2 N–H and O–H groups in total. The molecule has 2 fully saturated rings. The van der Waals surface area contributed by atoms with Crippen LogP contribution in [0.2, 0.25) is 0 Å². The zero-order valence-corrected chi connectivity index (χ0v) is 16.2. The molecule has 1 aliphatic carbocycles. The molecule has 11 nitrogen and oxygen atoms in total. The van der Waals surface area contributed by atoms with Crippen LogP contribution in [0.3, 0.4) is 0 Å². The predicted octanol–water partition coefficient (Wildman–Crippen LogP) is -1.43. The van der Waals surface area contributed by atoms with Crippen LogP contribution in [0, 0.1) is 11.8 Å². The first-order valence-electron chi connectivity index (χ1n) is 9.24. The highest BCUT2D eigenvalue weighted by atomic mass is 16.5. The van der Waals surface area contributed by atoms with E-state index in [0.29, 0.717) is 17.4 Å². The van der Waals surface area contributed by atoms with Crippen molar-refractivity contribution >= 4 is 29.4 Å². The average Bonchev–Trinajstić information content (AvgIpc) is 2.94. The molecule has 29 heavy (non-hydrogen) atoms. The molecule has 156 valence electrons. The number of aromatic nitrogens is 2. The molecule has 2 atom stereocenters. The summed E-state index contributed by atoms with van der Waals surface area (Å²) in [6, 6.07) is 0. The molecule has 1 saturated heterocycles. The highest BCUT2D eigenvalue weighted by molar-refractivity contribution is 6.07. The molecule has 2 heterocycles. The lowest BCUT2D eigenvalue weighted by molar-refractivity contribution is -0.152. The van der Waals surface area contributed by atoms with Crippen molar-refractivity contribution in [1.82, 2.24) is 14.0 Å². The van der Waals surface area contributed by atoms with E-state index < -0.39 is 41.7 Å². The minimum absolute atomic E-state index is 0.340. The maximum atomic E-state index is 12.4. The maximum absolute atomic E-state index is 12.4. The quantitative estimate of drug-likeness (QED) is 0.355. The van der Waals surface area contributed by atoms with Gasteiger partial charge in [-0.1, -0.05) is 12.8 Å². The van der Waals surface area contributed by atoms with Crippen LogP contribution in [-0.2, 0) is 33.2 Å². The highest BCUT2D eigenvalue weighted by Crippen LogP contribution is 2.37. The van der Waals surface area contributed by atoms with Crippen molar-refractivity contribution in [3.8, 4) is 0 Å². The first kappa shape index (κ1) is 20.5. The van der Waals surface area contributed by atoms with E-state index in [9.17, 15) is 28.8 Å². The van der Waals surface area contributed by atoms with Crippen molar-refractivity contribution in [3.63, 3.8) is 0 Å². The number of hydrogen-bond acceptors (Lipinski definition) is 8. The normalized spacial score (nSPS) is 21.2. The lowest BCUT2D eigenvalue weighted by atomic mass is 9.81. The zero-order chi connectivity index (χ0) is 21.5. The molecule has 0 aromatic carbocycles. The van der Waals surface area contributed by atoms with E-state index in [0.717, 1.165) is 22.3 Å². The smallest absolute Gasteiger partial charge is 0.332 e. The van der Waals surface area contributed by atoms with Gasteiger partial charge in [0.05, 0.1) is 11.8 Å². The fraction of sp³-hybridized carbons (Fsp3) is 0.556. The third-order valence-electron chi connectivity index (χ3n) is 5.57. The number of carbonyl (C=O) groups excluding carboxylic acids is 4. The summed E-state index contributed by atoms with van der Waals surface area (Å²) in [7, 11) is 2.49. The number of esters is 1. The summed E-state index contributed by atoms with van der Waals surface area (Å²) in [5.41, 5.74) is 3.61. The standard InChI is InChI=1S/C18H22N4O7/c1-20-14(19)13(17(27)21(2)18(20)28)11(23)8-29-12(24)7-22-15(25)9-5-3-4-6-10(9)16(22)26/h9-10H,3-8,19H2,1-2H3/t9-,10-/m0/s1. The zero-order valence-electron chi connectivity index (χ0n) is 16.2. The monoisotopic (exact) mass is 406 g/mol. The number of fused-ring (bicyclic) bond motifs is 1. The van der Waals surface area contributed by atoms with Crippen molar-refractivity contribution in [1.29, 1.82) is 0 Å². The molecular formula is C18H22N4O7. The fourth-order valence-corrected chi connectivity index (χ4v) is 3.90. The van der Waals surface area contributed by atoms with Gasteiger partial charge in [-0.05, 0) is 12.8 Å². The molecule has 1 saturated carbocycles. The van der Waals surface area contributed by atoms with E-state index in [4.69, 9.17) is 10.5 Å². The van der Waals surface area contributed by atoms with Crippen LogP contribution in [0.5, 0.6) is 0 Å². The van der Waals surface area contributed by atoms with Gasteiger partial charge in [-0.3, -0.25) is 38.0 Å². The van der Waals surface area contributed by atoms with Crippen LogP contribution in [0.1, 0.15) is 36.0 Å². The first-order chi connectivity index (χ1) is 13.6. The molecular weight excluding hydrogens is 384 g/mol. The van der Waals surface area contributed by atoms with Crippen LogP contribution in [0.4, 0.5) is 5.82 Å². The minimum Gasteiger partial charge on any atom is -0.456 e. The third-order valence-corrected chi connectivity index (χ3v) is 5.57. The number of ketones is 1. The fourth-order valence-electron chi connectivity index (χ4n) is 3.90. The largest absolute Gasteiger partial charge is 0.456 e. The van der Waals surface area contributed by atoms with E-state index in [1.807, 2.05) is 0 Å². The second-order valence-electron chi connectivity index (χ2n) is 7.31. The summed E-state index contributed by atoms with van der Waals surface area (Å²) < 4.78 is 6.51. The summed E-state index contributed by atoms with van der Waals surface area (Å²) in [4.78, 5) is 74.0. The van der Waals surface area contributed by atoms with E-state index in [-0.39, 0.29) is 29.5 Å². The summed E-state index contributed by atoms with van der Waals surface area (Å²) >= 11 is 0. The predicted molar refractivity (Wildman–Crippen MR) is 98.8 cm³/mol. The second kappa shape index (κ2) is 7.64. The van der Waals surface area contributed by atoms with Gasteiger partial charge in [0.15, 0.2) is 6.61 Å². The van der Waals surface area contributed by atoms with Crippen LogP contribution < -0.4 is 17.0 Å². The van der Waals surface area contributed by atoms with Gasteiger partial charge in [-0.2, -0.15) is 0 Å². The Morgan fingerprint density at radius 2 is 1.55 bits per heavy atom. The summed E-state index contributed by atoms with van der Waals surface area (Å²) in [5.74, 6) is -3.73. The summed E-state index contributed by atoms with van der Waals surface area (Å²) in [6.45, 7) is -1.39. The molecule has 0 spiro atoms. The molecule has 1 aromatic heterocycles. The Kier molecular flexibility index (Phi) is 5.40. The minimum atomic E-state index is -0.945. The molecule has 0 bridgehead atoms. The molecule has 2 amide bonds. The second-order valence-corrected chi connectivity index (χ2v) is 7.31. The van der Waals surface area contributed by atoms with Gasteiger partial charge in [-0.25, -0.2) is 4.79 Å². The molecule has 1 aliphatic heterocycles. The van der Waals surface area contributed by atoms with Crippen LogP contribution >= 0.6 is 0 Å². The number of rotatable bonds is 5. The molecule has 2 aliphatic rings. The number of Topliss-reactive ketones (excluding diaryl/α,β-unsaturated/α-hetero) is 1. The van der Waals surface area contributed by atoms with E-state index in [2.05, 4.69) is 0 Å². The molecule has 11 heteroatoms. The van der Waals surface area contributed by atoms with Crippen molar-refractivity contribution in [2.24, 2.45) is 25.9 Å². The van der Waals surface area contributed by atoms with Gasteiger partial charge >= 0.3 is 11.7 Å². The van der Waals surface area contributed by atoms with Gasteiger partial charge in [-0.15, -0.1) is 0 Å². The average molecular weight is 406 g/mol. The Labute approximate surface area is 165 Å². The topological polar surface area (TPSA) is 151 Å². The van der Waals surface area contributed by atoms with Gasteiger partial charge < -0.3 is 10.5 Å². The van der Waals surface area contributed by atoms with Crippen LogP contribution in [-0.4, -0.2) is 50.8 Å². The number of likely N-dealkylation sites (tertiary alicyclic amines) is 1. The summed E-state index contributed by atoms with van der Waals surface area (Å²) in [6.07, 6.45) is 2.97. The van der Waals surface area contributed by atoms with E-state index in [1.165, 1.54) is 14.1 Å². The van der Waals surface area contributed by atoms with Gasteiger partial charge in [0, 0.05) is 14.1 Å². The number of imide groups is 1. The van der Waals surface area contributed by atoms with Crippen molar-refractivity contribution in [3.05, 3.63) is 26.4 Å². The number of nitrogen functional groups attached to an aromatic ring is 1. The van der Waals surface area contributed by atoms with E-state index >= 15 is 0 Å². The Balaban J connectivity index is 1.67. The molecule has 0 unspecified atom stereocenters. The Morgan fingerprint density at radius 3 is 2.10 bits per heavy atom. The van der Waals surface area contributed by atoms with Crippen molar-refractivity contribution in [2.75, 3.05) is 18.9 Å². The number of anilines is 1. The van der Waals surface area contributed by atoms with Gasteiger partial charge in [0.1, 0.15) is 17.9 Å². The van der Waals surface area contributed by atoms with Crippen molar-refractivity contribution < 1.29 is 23.9 Å². The third kappa shape index (κ3) is 3.47. The van der Waals surface area contributed by atoms with Crippen LogP contribution in [0.25, 0.3) is 0 Å². The summed E-state index contributed by atoms with van der Waals surface area (Å²) in [5, 5.41) is 0. The number of ether oxygens (including phenoxy) is 1. The number of nitrogens with zero attached hydrogens (tertiary/aromatic N) is 3. The lowest BCUT2D eigenvalue weighted by Crippen LogP contribution is -2.42. The van der Waals surface area contributed by atoms with Gasteiger partial charge in [0.25, 0.3) is 5.56 Å². The number of hydrogen-bond donors (Lipinski definition) is 1. The number of carbonyl (C=O) groups is 4. The molecule has 0 radical (unpaired) electrons. The number of amides is 2. The maximum Gasteiger partial charge on any atom is 0.332 e.